The number of aryl methyl sites for hydroxylation is 1. The minimum absolute atomic E-state index is 0.0649. The lowest BCUT2D eigenvalue weighted by Gasteiger charge is -2.15. The molecule has 2 aromatic rings. The van der Waals surface area contributed by atoms with E-state index in [1.54, 1.807) is 48.5 Å². The van der Waals surface area contributed by atoms with Gasteiger partial charge in [-0.15, -0.1) is 0 Å². The van der Waals surface area contributed by atoms with Crippen molar-refractivity contribution in [3.63, 3.8) is 0 Å². The van der Waals surface area contributed by atoms with Crippen molar-refractivity contribution in [3.8, 4) is 5.75 Å². The maximum Gasteiger partial charge on any atom is 0.341 e. The summed E-state index contributed by atoms with van der Waals surface area (Å²) in [7, 11) is 0. The van der Waals surface area contributed by atoms with Crippen LogP contribution < -0.4 is 9.64 Å². The summed E-state index contributed by atoms with van der Waals surface area (Å²) < 4.78 is 5.26. The molecule has 0 unspecified atom stereocenters. The lowest BCUT2D eigenvalue weighted by atomic mass is 10.1. The van der Waals surface area contributed by atoms with E-state index in [9.17, 15) is 9.59 Å². The number of carbonyl (C=O) groups is 2. The van der Waals surface area contributed by atoms with Gasteiger partial charge in [-0.3, -0.25) is 15.1 Å². The maximum atomic E-state index is 12.8. The average Bonchev–Trinajstić information content (AvgIpc) is 2.90. The van der Waals surface area contributed by atoms with Crippen molar-refractivity contribution in [1.82, 2.24) is 0 Å². The molecule has 0 radical (unpaired) electrons. The molecule has 0 saturated carbocycles. The van der Waals surface area contributed by atoms with E-state index in [1.807, 2.05) is 6.92 Å². The third-order valence-electron chi connectivity index (χ3n) is 3.79. The van der Waals surface area contributed by atoms with Crippen LogP contribution in [0.2, 0.25) is 5.02 Å². The van der Waals surface area contributed by atoms with Crippen LogP contribution >= 0.6 is 23.4 Å². The van der Waals surface area contributed by atoms with Crippen LogP contribution in [-0.2, 0) is 9.59 Å². The summed E-state index contributed by atoms with van der Waals surface area (Å²) in [6, 6.07) is 12.0. The number of thioether (sulfide) groups is 1. The quantitative estimate of drug-likeness (QED) is 0.732. The van der Waals surface area contributed by atoms with Crippen LogP contribution in [0, 0.1) is 12.3 Å². The van der Waals surface area contributed by atoms with Gasteiger partial charge in [-0.05, 0) is 48.5 Å². The fourth-order valence-electron chi connectivity index (χ4n) is 2.45. The molecular formula is C19H15ClN2O4S. The van der Waals surface area contributed by atoms with Crippen molar-refractivity contribution >= 4 is 52.2 Å². The lowest BCUT2D eigenvalue weighted by Crippen LogP contribution is -2.28. The Labute approximate surface area is 164 Å². The van der Waals surface area contributed by atoms with Crippen molar-refractivity contribution in [1.29, 1.82) is 5.41 Å². The predicted octanol–water partition coefficient (Wildman–Crippen LogP) is 4.17. The van der Waals surface area contributed by atoms with E-state index in [-0.39, 0.29) is 11.1 Å². The number of para-hydroxylation sites is 1. The van der Waals surface area contributed by atoms with Crippen LogP contribution in [0.25, 0.3) is 6.08 Å². The van der Waals surface area contributed by atoms with E-state index in [1.165, 1.54) is 4.90 Å². The van der Waals surface area contributed by atoms with Crippen LogP contribution in [0.1, 0.15) is 11.1 Å². The highest BCUT2D eigenvalue weighted by Crippen LogP contribution is 2.37. The Morgan fingerprint density at radius 1 is 1.33 bits per heavy atom. The zero-order chi connectivity index (χ0) is 19.6. The first-order valence-corrected chi connectivity index (χ1v) is 9.08. The fraction of sp³-hybridized carbons (Fsp3) is 0.105. The Hall–Kier alpha value is -2.77. The molecule has 138 valence electrons. The number of amides is 1. The molecule has 1 amide bonds. The molecule has 8 heteroatoms. The predicted molar refractivity (Wildman–Crippen MR) is 107 cm³/mol. The SMILES string of the molecule is Cc1ccc(N2C(=N)S/C(=C\c3ccccc3OCC(=O)O)C2=O)cc1Cl. The summed E-state index contributed by atoms with van der Waals surface area (Å²) in [6.07, 6.45) is 1.59. The molecule has 6 nitrogen and oxygen atoms in total. The minimum atomic E-state index is -1.09. The molecule has 0 atom stereocenters. The molecule has 1 saturated heterocycles. The summed E-state index contributed by atoms with van der Waals surface area (Å²) in [6.45, 7) is 1.38. The summed E-state index contributed by atoms with van der Waals surface area (Å²) in [5, 5.41) is 17.5. The number of carboxylic acid groups (broad SMARTS) is 1. The molecule has 2 N–H and O–H groups in total. The Balaban J connectivity index is 1.91. The molecule has 1 aliphatic heterocycles. The highest BCUT2D eigenvalue weighted by atomic mass is 35.5. The first-order chi connectivity index (χ1) is 12.9. The van der Waals surface area contributed by atoms with E-state index in [0.29, 0.717) is 26.9 Å². The Morgan fingerprint density at radius 2 is 2.07 bits per heavy atom. The number of ether oxygens (including phenoxy) is 1. The second kappa shape index (κ2) is 7.85. The number of halogens is 1. The summed E-state index contributed by atoms with van der Waals surface area (Å²) in [5.41, 5.74) is 1.96. The number of hydrogen-bond acceptors (Lipinski definition) is 5. The fourth-order valence-corrected chi connectivity index (χ4v) is 3.48. The molecule has 0 aromatic heterocycles. The Kier molecular flexibility index (Phi) is 5.53. The number of hydrogen-bond donors (Lipinski definition) is 2. The topological polar surface area (TPSA) is 90.7 Å². The summed E-state index contributed by atoms with van der Waals surface area (Å²) >= 11 is 7.16. The summed E-state index contributed by atoms with van der Waals surface area (Å²) in [4.78, 5) is 25.2. The van der Waals surface area contributed by atoms with Gasteiger partial charge in [-0.25, -0.2) is 4.79 Å². The molecule has 1 fully saturated rings. The first-order valence-electron chi connectivity index (χ1n) is 7.89. The van der Waals surface area contributed by atoms with Crippen molar-refractivity contribution in [3.05, 3.63) is 63.5 Å². The van der Waals surface area contributed by atoms with Gasteiger partial charge < -0.3 is 9.84 Å². The number of rotatable bonds is 5. The zero-order valence-electron chi connectivity index (χ0n) is 14.2. The number of carboxylic acids is 1. The number of nitrogens with zero attached hydrogens (tertiary/aromatic N) is 1. The molecule has 1 aliphatic rings. The lowest BCUT2D eigenvalue weighted by molar-refractivity contribution is -0.139. The minimum Gasteiger partial charge on any atom is -0.481 e. The Morgan fingerprint density at radius 3 is 2.78 bits per heavy atom. The first kappa shape index (κ1) is 19.0. The van der Waals surface area contributed by atoms with E-state index in [2.05, 4.69) is 0 Å². The highest BCUT2D eigenvalue weighted by molar-refractivity contribution is 8.19. The van der Waals surface area contributed by atoms with Crippen LogP contribution in [0.4, 0.5) is 5.69 Å². The van der Waals surface area contributed by atoms with E-state index in [4.69, 9.17) is 26.9 Å². The number of anilines is 1. The van der Waals surface area contributed by atoms with Crippen molar-refractivity contribution in [2.45, 2.75) is 6.92 Å². The molecular weight excluding hydrogens is 388 g/mol. The largest absolute Gasteiger partial charge is 0.481 e. The Bertz CT molecular complexity index is 974. The van der Waals surface area contributed by atoms with Gasteiger partial charge in [0.25, 0.3) is 5.91 Å². The standard InChI is InChI=1S/C19H15ClN2O4S/c1-11-6-7-13(9-14(11)20)22-18(25)16(27-19(22)21)8-12-4-2-3-5-15(12)26-10-17(23)24/h2-9,21H,10H2,1H3,(H,23,24)/b16-8-,21-19?. The smallest absolute Gasteiger partial charge is 0.341 e. The number of amidine groups is 1. The van der Waals surface area contributed by atoms with Crippen LogP contribution in [0.15, 0.2) is 47.4 Å². The van der Waals surface area contributed by atoms with Crippen molar-refractivity contribution < 1.29 is 19.4 Å². The number of aliphatic carboxylic acids is 1. The third-order valence-corrected chi connectivity index (χ3v) is 5.09. The van der Waals surface area contributed by atoms with Crippen LogP contribution in [-0.4, -0.2) is 28.8 Å². The van der Waals surface area contributed by atoms with E-state index < -0.39 is 12.6 Å². The van der Waals surface area contributed by atoms with Crippen molar-refractivity contribution in [2.75, 3.05) is 11.5 Å². The maximum absolute atomic E-state index is 12.8. The molecule has 27 heavy (non-hydrogen) atoms. The van der Waals surface area contributed by atoms with Gasteiger partial charge in [-0.1, -0.05) is 35.9 Å². The second-order valence-electron chi connectivity index (χ2n) is 5.71. The number of benzene rings is 2. The highest BCUT2D eigenvalue weighted by Gasteiger charge is 2.34. The molecule has 1 heterocycles. The molecule has 2 aromatic carbocycles. The zero-order valence-corrected chi connectivity index (χ0v) is 15.8. The van der Waals surface area contributed by atoms with E-state index in [0.717, 1.165) is 17.3 Å². The van der Waals surface area contributed by atoms with Crippen molar-refractivity contribution in [2.24, 2.45) is 0 Å². The van der Waals surface area contributed by atoms with Crippen LogP contribution in [0.3, 0.4) is 0 Å². The van der Waals surface area contributed by atoms with Gasteiger partial charge in [0.15, 0.2) is 11.8 Å². The van der Waals surface area contributed by atoms with Gasteiger partial charge in [0.05, 0.1) is 10.6 Å². The van der Waals surface area contributed by atoms with Gasteiger partial charge in [0.2, 0.25) is 0 Å². The monoisotopic (exact) mass is 402 g/mol. The molecule has 0 spiro atoms. The normalized spacial score (nSPS) is 15.5. The molecule has 0 bridgehead atoms. The van der Waals surface area contributed by atoms with Gasteiger partial charge in [-0.2, -0.15) is 0 Å². The van der Waals surface area contributed by atoms with Gasteiger partial charge in [0, 0.05) is 10.6 Å². The molecule has 0 aliphatic carbocycles. The van der Waals surface area contributed by atoms with E-state index >= 15 is 0 Å². The van der Waals surface area contributed by atoms with Gasteiger partial charge >= 0.3 is 5.97 Å². The number of nitrogens with one attached hydrogen (secondary N) is 1. The summed E-state index contributed by atoms with van der Waals surface area (Å²) in [5.74, 6) is -1.09. The second-order valence-corrected chi connectivity index (χ2v) is 7.15. The number of carbonyl (C=O) groups excluding carboxylic acids is 1. The molecule has 3 rings (SSSR count). The van der Waals surface area contributed by atoms with Gasteiger partial charge in [0.1, 0.15) is 5.75 Å². The average molecular weight is 403 g/mol. The van der Waals surface area contributed by atoms with Crippen LogP contribution in [0.5, 0.6) is 5.75 Å². The third kappa shape index (κ3) is 4.15.